The number of morpholine rings is 1. The molecule has 2 heterocycles. The first-order valence-electron chi connectivity index (χ1n) is 8.05. The van der Waals surface area contributed by atoms with Crippen LogP contribution in [0.5, 0.6) is 0 Å². The average molecular weight is 349 g/mol. The van der Waals surface area contributed by atoms with E-state index in [1.165, 1.54) is 6.26 Å². The molecule has 1 fully saturated rings. The van der Waals surface area contributed by atoms with Crippen LogP contribution in [0, 0.1) is 0 Å². The van der Waals surface area contributed by atoms with Gasteiger partial charge in [-0.2, -0.15) is 0 Å². The summed E-state index contributed by atoms with van der Waals surface area (Å²) in [5.74, 6) is 0.880. The number of H-pyrrole nitrogens is 1. The lowest BCUT2D eigenvalue weighted by Gasteiger charge is -2.37. The summed E-state index contributed by atoms with van der Waals surface area (Å²) < 4.78 is 28.7. The molecule has 0 amide bonds. The van der Waals surface area contributed by atoms with Gasteiger partial charge in [-0.1, -0.05) is 12.1 Å². The molecule has 2 aromatic rings. The summed E-state index contributed by atoms with van der Waals surface area (Å²) in [6.07, 6.45) is 3.00. The lowest BCUT2D eigenvalue weighted by atomic mass is 10.1. The molecule has 7 heteroatoms. The van der Waals surface area contributed by atoms with Gasteiger partial charge in [-0.3, -0.25) is 4.90 Å². The fourth-order valence-electron chi connectivity index (χ4n) is 3.00. The Balaban J connectivity index is 1.85. The number of ether oxygens (including phenoxy) is 1. The number of nitrogens with one attached hydrogen (secondary N) is 1. The summed E-state index contributed by atoms with van der Waals surface area (Å²) in [5, 5.41) is 0. The summed E-state index contributed by atoms with van der Waals surface area (Å²) >= 11 is 0. The quantitative estimate of drug-likeness (QED) is 0.916. The lowest BCUT2D eigenvalue weighted by Crippen LogP contribution is -2.43. The second kappa shape index (κ2) is 6.66. The highest BCUT2D eigenvalue weighted by Gasteiger charge is 2.28. The van der Waals surface area contributed by atoms with E-state index < -0.39 is 9.84 Å². The number of nitrogens with zero attached hydrogens (tertiary/aromatic N) is 2. The lowest BCUT2D eigenvalue weighted by molar-refractivity contribution is -0.0262. The van der Waals surface area contributed by atoms with E-state index in [1.54, 1.807) is 30.5 Å². The first-order valence-corrected chi connectivity index (χ1v) is 9.94. The first kappa shape index (κ1) is 17.1. The summed E-state index contributed by atoms with van der Waals surface area (Å²) in [4.78, 5) is 10.6. The van der Waals surface area contributed by atoms with Gasteiger partial charge in [-0.05, 0) is 31.5 Å². The van der Waals surface area contributed by atoms with Crippen molar-refractivity contribution >= 4 is 9.84 Å². The van der Waals surface area contributed by atoms with Crippen molar-refractivity contribution < 1.29 is 13.2 Å². The second-order valence-electron chi connectivity index (χ2n) is 6.40. The van der Waals surface area contributed by atoms with Crippen molar-refractivity contribution in [2.75, 3.05) is 26.0 Å². The molecule has 1 aliphatic rings. The highest BCUT2D eigenvalue weighted by atomic mass is 32.2. The van der Waals surface area contributed by atoms with E-state index in [0.29, 0.717) is 17.5 Å². The Morgan fingerprint density at radius 1 is 1.29 bits per heavy atom. The van der Waals surface area contributed by atoms with Crippen molar-refractivity contribution in [3.8, 4) is 11.3 Å². The van der Waals surface area contributed by atoms with Crippen LogP contribution in [-0.4, -0.2) is 55.3 Å². The molecule has 24 heavy (non-hydrogen) atoms. The molecule has 1 atom stereocenters. The Kier molecular flexibility index (Phi) is 4.76. The second-order valence-corrected chi connectivity index (χ2v) is 8.42. The summed E-state index contributed by atoms with van der Waals surface area (Å²) in [6.45, 7) is 6.60. The third-order valence-electron chi connectivity index (χ3n) is 4.34. The van der Waals surface area contributed by atoms with E-state index in [2.05, 4.69) is 28.7 Å². The van der Waals surface area contributed by atoms with Crippen LogP contribution in [0.25, 0.3) is 11.3 Å². The number of benzene rings is 1. The highest BCUT2D eigenvalue weighted by molar-refractivity contribution is 7.90. The smallest absolute Gasteiger partial charge is 0.175 e. The Morgan fingerprint density at radius 3 is 2.62 bits per heavy atom. The SMILES string of the molecule is CC(C)N1CCOC[C@H]1c1ncc(-c2ccc(S(C)(=O)=O)cc2)[nH]1. The molecule has 0 radical (unpaired) electrons. The van der Waals surface area contributed by atoms with Crippen molar-refractivity contribution in [1.82, 2.24) is 14.9 Å². The van der Waals surface area contributed by atoms with E-state index in [-0.39, 0.29) is 6.04 Å². The van der Waals surface area contributed by atoms with E-state index >= 15 is 0 Å². The Labute approximate surface area is 142 Å². The van der Waals surface area contributed by atoms with Crippen molar-refractivity contribution in [3.63, 3.8) is 0 Å². The minimum absolute atomic E-state index is 0.114. The first-order chi connectivity index (χ1) is 11.4. The van der Waals surface area contributed by atoms with Crippen LogP contribution < -0.4 is 0 Å². The van der Waals surface area contributed by atoms with Crippen LogP contribution in [0.15, 0.2) is 35.4 Å². The molecular formula is C17H23N3O3S. The minimum atomic E-state index is -3.18. The normalized spacial score (nSPS) is 19.8. The number of hydrogen-bond donors (Lipinski definition) is 1. The predicted molar refractivity (Wildman–Crippen MR) is 92.5 cm³/mol. The van der Waals surface area contributed by atoms with Gasteiger partial charge in [0, 0.05) is 18.8 Å². The molecule has 0 bridgehead atoms. The monoisotopic (exact) mass is 349 g/mol. The predicted octanol–water partition coefficient (Wildman–Crippen LogP) is 2.26. The number of sulfone groups is 1. The van der Waals surface area contributed by atoms with Gasteiger partial charge in [-0.15, -0.1) is 0 Å². The summed E-state index contributed by atoms with van der Waals surface area (Å²) in [7, 11) is -3.18. The maximum absolute atomic E-state index is 11.6. The maximum atomic E-state index is 11.6. The van der Waals surface area contributed by atoms with Gasteiger partial charge < -0.3 is 9.72 Å². The van der Waals surface area contributed by atoms with Crippen molar-refractivity contribution in [3.05, 3.63) is 36.3 Å². The van der Waals surface area contributed by atoms with E-state index in [4.69, 9.17) is 4.74 Å². The Hall–Kier alpha value is -1.70. The van der Waals surface area contributed by atoms with Crippen LogP contribution in [-0.2, 0) is 14.6 Å². The van der Waals surface area contributed by atoms with Gasteiger partial charge in [0.2, 0.25) is 0 Å². The van der Waals surface area contributed by atoms with Crippen LogP contribution in [0.2, 0.25) is 0 Å². The van der Waals surface area contributed by atoms with Gasteiger partial charge in [0.25, 0.3) is 0 Å². The number of hydrogen-bond acceptors (Lipinski definition) is 5. The fraction of sp³-hybridized carbons (Fsp3) is 0.471. The van der Waals surface area contributed by atoms with Gasteiger partial charge in [0.05, 0.1) is 36.0 Å². The third kappa shape index (κ3) is 3.53. The summed E-state index contributed by atoms with van der Waals surface area (Å²) in [6, 6.07) is 7.37. The maximum Gasteiger partial charge on any atom is 0.175 e. The molecular weight excluding hydrogens is 326 g/mol. The zero-order valence-electron chi connectivity index (χ0n) is 14.2. The van der Waals surface area contributed by atoms with Crippen molar-refractivity contribution in [2.24, 2.45) is 0 Å². The largest absolute Gasteiger partial charge is 0.378 e. The molecule has 0 spiro atoms. The van der Waals surface area contributed by atoms with Gasteiger partial charge >= 0.3 is 0 Å². The van der Waals surface area contributed by atoms with Gasteiger partial charge in [0.1, 0.15) is 5.82 Å². The molecule has 3 rings (SSSR count). The number of aromatic nitrogens is 2. The number of rotatable bonds is 4. The standard InChI is InChI=1S/C17H23N3O3S/c1-12(2)20-8-9-23-11-16(20)17-18-10-15(19-17)13-4-6-14(7-5-13)24(3,21)22/h4-7,10,12,16H,8-9,11H2,1-3H3,(H,18,19)/t16-/m0/s1. The Morgan fingerprint density at radius 2 is 2.00 bits per heavy atom. The van der Waals surface area contributed by atoms with E-state index in [9.17, 15) is 8.42 Å². The summed E-state index contributed by atoms with van der Waals surface area (Å²) in [5.41, 5.74) is 1.79. The fourth-order valence-corrected chi connectivity index (χ4v) is 3.64. The topological polar surface area (TPSA) is 75.3 Å². The van der Waals surface area contributed by atoms with E-state index in [1.807, 2.05) is 0 Å². The molecule has 1 aliphatic heterocycles. The number of aromatic amines is 1. The highest BCUT2D eigenvalue weighted by Crippen LogP contribution is 2.27. The molecule has 1 aromatic carbocycles. The molecule has 1 aromatic heterocycles. The molecule has 0 unspecified atom stereocenters. The van der Waals surface area contributed by atoms with E-state index in [0.717, 1.165) is 30.2 Å². The van der Waals surface area contributed by atoms with Crippen LogP contribution in [0.1, 0.15) is 25.7 Å². The minimum Gasteiger partial charge on any atom is -0.378 e. The molecule has 0 saturated carbocycles. The zero-order valence-corrected chi connectivity index (χ0v) is 15.0. The molecule has 0 aliphatic carbocycles. The van der Waals surface area contributed by atoms with Crippen molar-refractivity contribution in [1.29, 1.82) is 0 Å². The van der Waals surface area contributed by atoms with Crippen LogP contribution in [0.4, 0.5) is 0 Å². The van der Waals surface area contributed by atoms with Gasteiger partial charge in [0.15, 0.2) is 9.84 Å². The molecule has 6 nitrogen and oxygen atoms in total. The number of imidazole rings is 1. The van der Waals surface area contributed by atoms with Gasteiger partial charge in [-0.25, -0.2) is 13.4 Å². The third-order valence-corrected chi connectivity index (χ3v) is 5.47. The van der Waals surface area contributed by atoms with Crippen LogP contribution in [0.3, 0.4) is 0 Å². The molecule has 1 saturated heterocycles. The molecule has 1 N–H and O–H groups in total. The van der Waals surface area contributed by atoms with Crippen LogP contribution >= 0.6 is 0 Å². The van der Waals surface area contributed by atoms with Crippen molar-refractivity contribution in [2.45, 2.75) is 30.8 Å². The molecule has 130 valence electrons. The Bertz CT molecular complexity index is 797. The zero-order chi connectivity index (χ0) is 17.3. The average Bonchev–Trinajstić information content (AvgIpc) is 3.04.